The van der Waals surface area contributed by atoms with Crippen LogP contribution in [0.2, 0.25) is 0 Å². The highest BCUT2D eigenvalue weighted by Crippen LogP contribution is 2.34. The minimum absolute atomic E-state index is 0.268. The fourth-order valence-corrected chi connectivity index (χ4v) is 1.34. The van der Waals surface area contributed by atoms with Crippen molar-refractivity contribution in [3.05, 3.63) is 0 Å². The maximum Gasteiger partial charge on any atom is 0.303 e. The Morgan fingerprint density at radius 1 is 1.67 bits per heavy atom. The average molecular weight is 171 g/mol. The molecule has 1 rings (SSSR count). The molecule has 0 spiro atoms. The van der Waals surface area contributed by atoms with E-state index in [-0.39, 0.29) is 6.42 Å². The van der Waals surface area contributed by atoms with Gasteiger partial charge in [0.25, 0.3) is 0 Å². The van der Waals surface area contributed by atoms with E-state index >= 15 is 0 Å². The fourth-order valence-electron chi connectivity index (χ4n) is 1.34. The molecule has 0 aromatic heterocycles. The van der Waals surface area contributed by atoms with Gasteiger partial charge in [0.15, 0.2) is 0 Å². The highest BCUT2D eigenvalue weighted by Gasteiger charge is 2.37. The van der Waals surface area contributed by atoms with Crippen molar-refractivity contribution in [1.82, 2.24) is 5.32 Å². The van der Waals surface area contributed by atoms with Crippen LogP contribution in [0.25, 0.3) is 0 Å². The normalized spacial score (nSPS) is 21.8. The second kappa shape index (κ2) is 3.44. The minimum atomic E-state index is -0.704. The predicted octanol–water partition coefficient (Wildman–Crippen LogP) is 1.38. The molecule has 2 N–H and O–H groups in total. The Morgan fingerprint density at radius 2 is 2.25 bits per heavy atom. The molecule has 1 unspecified atom stereocenters. The van der Waals surface area contributed by atoms with Crippen molar-refractivity contribution in [2.24, 2.45) is 0 Å². The molecule has 1 saturated carbocycles. The zero-order valence-electron chi connectivity index (χ0n) is 7.76. The lowest BCUT2D eigenvalue weighted by molar-refractivity contribution is -0.137. The van der Waals surface area contributed by atoms with Gasteiger partial charge in [-0.25, -0.2) is 0 Å². The maximum atomic E-state index is 10.3. The first-order chi connectivity index (χ1) is 5.52. The summed E-state index contributed by atoms with van der Waals surface area (Å²) in [6.45, 7) is 4.23. The van der Waals surface area contributed by atoms with Crippen LogP contribution in [0.15, 0.2) is 0 Å². The van der Waals surface area contributed by atoms with E-state index in [0.717, 1.165) is 6.42 Å². The maximum absolute atomic E-state index is 10.3. The molecule has 0 saturated heterocycles. The fraction of sp³-hybridized carbons (Fsp3) is 0.889. The van der Waals surface area contributed by atoms with Gasteiger partial charge >= 0.3 is 5.97 Å². The molecule has 70 valence electrons. The van der Waals surface area contributed by atoms with Crippen LogP contribution in [0.4, 0.5) is 0 Å². The largest absolute Gasteiger partial charge is 0.481 e. The summed E-state index contributed by atoms with van der Waals surface area (Å²) in [5, 5.41) is 11.9. The molecule has 1 aliphatic rings. The molecule has 0 aromatic carbocycles. The smallest absolute Gasteiger partial charge is 0.303 e. The summed E-state index contributed by atoms with van der Waals surface area (Å²) in [6, 6.07) is 0.327. The molecule has 1 atom stereocenters. The highest BCUT2D eigenvalue weighted by molar-refractivity contribution is 5.66. The standard InChI is InChI=1S/C9H17NO2/c1-7(3-4-8(11)12)10-9(2)5-6-9/h7,10H,3-6H2,1-2H3,(H,11,12). The van der Waals surface area contributed by atoms with Gasteiger partial charge in [-0.1, -0.05) is 0 Å². The van der Waals surface area contributed by atoms with Gasteiger partial charge in [0.2, 0.25) is 0 Å². The number of carbonyl (C=O) groups is 1. The summed E-state index contributed by atoms with van der Waals surface area (Å²) in [6.07, 6.45) is 3.45. The van der Waals surface area contributed by atoms with E-state index in [1.165, 1.54) is 12.8 Å². The number of rotatable bonds is 5. The van der Waals surface area contributed by atoms with Gasteiger partial charge in [0, 0.05) is 18.0 Å². The quantitative estimate of drug-likeness (QED) is 0.657. The van der Waals surface area contributed by atoms with E-state index in [1.807, 2.05) is 6.92 Å². The molecular formula is C9H17NO2. The van der Waals surface area contributed by atoms with E-state index in [2.05, 4.69) is 12.2 Å². The molecule has 0 radical (unpaired) electrons. The molecule has 3 heteroatoms. The number of carboxylic acid groups (broad SMARTS) is 1. The number of hydrogen-bond donors (Lipinski definition) is 2. The van der Waals surface area contributed by atoms with Gasteiger partial charge in [-0.15, -0.1) is 0 Å². The summed E-state index contributed by atoms with van der Waals surface area (Å²) in [7, 11) is 0. The molecule has 1 fully saturated rings. The van der Waals surface area contributed by atoms with Crippen LogP contribution in [0.3, 0.4) is 0 Å². The third-order valence-corrected chi connectivity index (χ3v) is 2.39. The summed E-state index contributed by atoms with van der Waals surface area (Å²) in [5.41, 5.74) is 0.317. The van der Waals surface area contributed by atoms with Crippen LogP contribution in [0.5, 0.6) is 0 Å². The Hall–Kier alpha value is -0.570. The second-order valence-corrected chi connectivity index (χ2v) is 4.04. The zero-order valence-corrected chi connectivity index (χ0v) is 7.76. The summed E-state index contributed by atoms with van der Waals surface area (Å²) >= 11 is 0. The molecule has 12 heavy (non-hydrogen) atoms. The van der Waals surface area contributed by atoms with Crippen molar-refractivity contribution < 1.29 is 9.90 Å². The van der Waals surface area contributed by atoms with Crippen molar-refractivity contribution in [2.75, 3.05) is 0 Å². The third kappa shape index (κ3) is 3.22. The average Bonchev–Trinajstić information content (AvgIpc) is 2.64. The molecule has 0 bridgehead atoms. The zero-order chi connectivity index (χ0) is 9.19. The molecular weight excluding hydrogens is 154 g/mol. The van der Waals surface area contributed by atoms with Crippen molar-refractivity contribution in [3.63, 3.8) is 0 Å². The SMILES string of the molecule is CC(CCC(=O)O)NC1(C)CC1. The van der Waals surface area contributed by atoms with Crippen LogP contribution in [-0.2, 0) is 4.79 Å². The Labute approximate surface area is 73.2 Å². The topological polar surface area (TPSA) is 49.3 Å². The van der Waals surface area contributed by atoms with E-state index in [4.69, 9.17) is 5.11 Å². The van der Waals surface area contributed by atoms with E-state index in [9.17, 15) is 4.79 Å². The Bertz CT molecular complexity index is 175. The first kappa shape index (κ1) is 9.52. The van der Waals surface area contributed by atoms with Gasteiger partial charge in [-0.05, 0) is 33.1 Å². The van der Waals surface area contributed by atoms with Crippen LogP contribution >= 0.6 is 0 Å². The molecule has 0 amide bonds. The van der Waals surface area contributed by atoms with E-state index < -0.39 is 5.97 Å². The van der Waals surface area contributed by atoms with Crippen molar-refractivity contribution in [1.29, 1.82) is 0 Å². The lowest BCUT2D eigenvalue weighted by atomic mass is 10.1. The van der Waals surface area contributed by atoms with E-state index in [1.54, 1.807) is 0 Å². The van der Waals surface area contributed by atoms with Crippen LogP contribution in [-0.4, -0.2) is 22.7 Å². The summed E-state index contributed by atoms with van der Waals surface area (Å²) < 4.78 is 0. The summed E-state index contributed by atoms with van der Waals surface area (Å²) in [5.74, 6) is -0.704. The van der Waals surface area contributed by atoms with Crippen LogP contribution < -0.4 is 5.32 Å². The Kier molecular flexibility index (Phi) is 2.73. The van der Waals surface area contributed by atoms with Crippen molar-refractivity contribution in [3.8, 4) is 0 Å². The van der Waals surface area contributed by atoms with Crippen LogP contribution in [0.1, 0.15) is 39.5 Å². The van der Waals surface area contributed by atoms with Gasteiger partial charge in [-0.2, -0.15) is 0 Å². The Morgan fingerprint density at radius 3 is 2.67 bits per heavy atom. The first-order valence-corrected chi connectivity index (χ1v) is 4.51. The lowest BCUT2D eigenvalue weighted by Gasteiger charge is -2.18. The molecule has 1 aliphatic carbocycles. The highest BCUT2D eigenvalue weighted by atomic mass is 16.4. The third-order valence-electron chi connectivity index (χ3n) is 2.39. The predicted molar refractivity (Wildman–Crippen MR) is 47.1 cm³/mol. The number of hydrogen-bond acceptors (Lipinski definition) is 2. The number of nitrogens with one attached hydrogen (secondary N) is 1. The van der Waals surface area contributed by atoms with Gasteiger partial charge in [0.05, 0.1) is 0 Å². The van der Waals surface area contributed by atoms with Crippen molar-refractivity contribution in [2.45, 2.75) is 51.1 Å². The van der Waals surface area contributed by atoms with Gasteiger partial charge in [-0.3, -0.25) is 4.79 Å². The van der Waals surface area contributed by atoms with Gasteiger partial charge in [0.1, 0.15) is 0 Å². The first-order valence-electron chi connectivity index (χ1n) is 4.51. The lowest BCUT2D eigenvalue weighted by Crippen LogP contribution is -2.36. The molecule has 0 heterocycles. The number of aliphatic carboxylic acids is 1. The van der Waals surface area contributed by atoms with Crippen LogP contribution in [0, 0.1) is 0 Å². The monoisotopic (exact) mass is 171 g/mol. The summed E-state index contributed by atoms with van der Waals surface area (Å²) in [4.78, 5) is 10.3. The minimum Gasteiger partial charge on any atom is -0.481 e. The van der Waals surface area contributed by atoms with Crippen molar-refractivity contribution >= 4 is 5.97 Å². The van der Waals surface area contributed by atoms with Gasteiger partial charge < -0.3 is 10.4 Å². The van der Waals surface area contributed by atoms with E-state index in [0.29, 0.717) is 11.6 Å². The molecule has 3 nitrogen and oxygen atoms in total. The number of carboxylic acids is 1. The Balaban J connectivity index is 2.11. The second-order valence-electron chi connectivity index (χ2n) is 4.04. The molecule has 0 aromatic rings. The molecule has 0 aliphatic heterocycles.